The molecule has 0 radical (unpaired) electrons. The van der Waals surface area contributed by atoms with Gasteiger partial charge in [0.05, 0.1) is 35.6 Å². The Balaban J connectivity index is 1.14. The average molecular weight is 511 g/mol. The first kappa shape index (κ1) is 24.9. The van der Waals surface area contributed by atoms with Gasteiger partial charge in [0.2, 0.25) is 11.8 Å². The first-order valence-corrected chi connectivity index (χ1v) is 12.4. The van der Waals surface area contributed by atoms with E-state index in [1.54, 1.807) is 48.8 Å². The fourth-order valence-electron chi connectivity index (χ4n) is 4.54. The van der Waals surface area contributed by atoms with E-state index in [0.717, 1.165) is 37.1 Å². The molecule has 0 saturated heterocycles. The molecule has 2 N–H and O–H groups in total. The van der Waals surface area contributed by atoms with Gasteiger partial charge in [-0.3, -0.25) is 9.59 Å². The largest absolute Gasteiger partial charge is 0.309 e. The summed E-state index contributed by atoms with van der Waals surface area (Å²) in [4.78, 5) is 24.5. The van der Waals surface area contributed by atoms with Crippen LogP contribution in [0.25, 0.3) is 0 Å². The third-order valence-corrected chi connectivity index (χ3v) is 6.35. The minimum atomic E-state index is -0.225. The highest BCUT2D eigenvalue weighted by Crippen LogP contribution is 2.40. The van der Waals surface area contributed by atoms with Crippen LogP contribution in [0.15, 0.2) is 60.9 Å². The summed E-state index contributed by atoms with van der Waals surface area (Å²) in [7, 11) is 0. The Labute approximate surface area is 218 Å². The Morgan fingerprint density at radius 1 is 0.658 bits per heavy atom. The van der Waals surface area contributed by atoms with Crippen LogP contribution < -0.4 is 10.6 Å². The van der Waals surface area contributed by atoms with Crippen molar-refractivity contribution < 1.29 is 9.59 Å². The smallest absolute Gasteiger partial charge is 0.231 e. The van der Waals surface area contributed by atoms with Crippen molar-refractivity contribution in [3.8, 4) is 0 Å². The lowest BCUT2D eigenvalue weighted by molar-refractivity contribution is -0.116. The van der Waals surface area contributed by atoms with Crippen molar-refractivity contribution in [3.63, 3.8) is 0 Å². The van der Waals surface area contributed by atoms with Crippen LogP contribution in [-0.2, 0) is 22.4 Å². The van der Waals surface area contributed by atoms with Gasteiger partial charge in [-0.1, -0.05) is 6.42 Å². The van der Waals surface area contributed by atoms with Crippen LogP contribution in [0.4, 0.5) is 11.6 Å². The summed E-state index contributed by atoms with van der Waals surface area (Å²) in [5.41, 5.74) is 2.96. The third kappa shape index (κ3) is 6.72. The maximum atomic E-state index is 12.2. The van der Waals surface area contributed by atoms with Crippen LogP contribution in [0.3, 0.4) is 0 Å². The molecule has 4 aromatic heterocycles. The summed E-state index contributed by atoms with van der Waals surface area (Å²) in [5.74, 6) is 0.822. The number of aromatic nitrogens is 8. The molecular formula is C26H26N10O2. The number of hydrogen-bond donors (Lipinski definition) is 2. The maximum absolute atomic E-state index is 12.2. The highest BCUT2D eigenvalue weighted by atomic mass is 16.2. The molecule has 1 aliphatic carbocycles. The molecule has 4 aromatic rings. The summed E-state index contributed by atoms with van der Waals surface area (Å²) in [5, 5.41) is 38.1. The fourth-order valence-corrected chi connectivity index (χ4v) is 4.54. The average Bonchev–Trinajstić information content (AvgIpc) is 2.95. The minimum Gasteiger partial charge on any atom is -0.309 e. The molecule has 2 amide bonds. The van der Waals surface area contributed by atoms with Gasteiger partial charge in [-0.2, -0.15) is 30.6 Å². The van der Waals surface area contributed by atoms with E-state index in [2.05, 4.69) is 51.4 Å². The number of nitrogens with one attached hydrogen (secondary N) is 2. The highest BCUT2D eigenvalue weighted by molar-refractivity contribution is 5.91. The second-order valence-electron chi connectivity index (χ2n) is 9.13. The van der Waals surface area contributed by atoms with E-state index in [-0.39, 0.29) is 36.5 Å². The van der Waals surface area contributed by atoms with Gasteiger partial charge < -0.3 is 10.6 Å². The van der Waals surface area contributed by atoms with Gasteiger partial charge in [-0.25, -0.2) is 0 Å². The number of nitrogens with zero attached hydrogens (tertiary/aromatic N) is 8. The van der Waals surface area contributed by atoms with E-state index in [1.165, 1.54) is 0 Å². The summed E-state index contributed by atoms with van der Waals surface area (Å²) in [6.45, 7) is 0. The predicted molar refractivity (Wildman–Crippen MR) is 137 cm³/mol. The maximum Gasteiger partial charge on any atom is 0.231 e. The molecule has 192 valence electrons. The lowest BCUT2D eigenvalue weighted by Gasteiger charge is -2.28. The van der Waals surface area contributed by atoms with Crippen LogP contribution in [0.2, 0.25) is 0 Å². The number of rotatable bonds is 8. The number of anilines is 2. The first-order valence-electron chi connectivity index (χ1n) is 12.4. The molecule has 1 aliphatic rings. The first-order chi connectivity index (χ1) is 18.6. The highest BCUT2D eigenvalue weighted by Gasteiger charge is 2.27. The van der Waals surface area contributed by atoms with E-state index in [4.69, 9.17) is 0 Å². The normalized spacial score (nSPS) is 16.9. The van der Waals surface area contributed by atoms with E-state index in [1.807, 2.05) is 12.1 Å². The van der Waals surface area contributed by atoms with Crippen molar-refractivity contribution in [2.45, 2.75) is 50.4 Å². The molecule has 38 heavy (non-hydrogen) atoms. The van der Waals surface area contributed by atoms with Gasteiger partial charge in [-0.05, 0) is 67.8 Å². The lowest BCUT2D eigenvalue weighted by atomic mass is 9.78. The Hall–Kier alpha value is -4.74. The zero-order valence-corrected chi connectivity index (χ0v) is 20.6. The van der Waals surface area contributed by atoms with Crippen LogP contribution in [-0.4, -0.2) is 52.6 Å². The number of carbonyl (C=O) groups excluding carboxylic acids is 2. The van der Waals surface area contributed by atoms with Gasteiger partial charge in [0.25, 0.3) is 0 Å². The molecule has 0 bridgehead atoms. The zero-order valence-electron chi connectivity index (χ0n) is 20.6. The zero-order chi connectivity index (χ0) is 26.2. The summed E-state index contributed by atoms with van der Waals surface area (Å²) >= 11 is 0. The molecule has 2 atom stereocenters. The Morgan fingerprint density at radius 2 is 1.16 bits per heavy atom. The third-order valence-electron chi connectivity index (χ3n) is 6.35. The topological polar surface area (TPSA) is 161 Å². The minimum absolute atomic E-state index is 0.118. The molecule has 1 saturated carbocycles. The second-order valence-corrected chi connectivity index (χ2v) is 9.13. The molecule has 5 rings (SSSR count). The van der Waals surface area contributed by atoms with Crippen molar-refractivity contribution in [2.75, 3.05) is 10.6 Å². The molecule has 4 heterocycles. The second kappa shape index (κ2) is 12.0. The Morgan fingerprint density at radius 3 is 1.55 bits per heavy atom. The quantitative estimate of drug-likeness (QED) is 0.360. The van der Waals surface area contributed by atoms with Gasteiger partial charge in [0, 0.05) is 24.2 Å². The van der Waals surface area contributed by atoms with Gasteiger partial charge in [0.1, 0.15) is 0 Å². The van der Waals surface area contributed by atoms with Crippen molar-refractivity contribution in [2.24, 2.45) is 0 Å². The van der Waals surface area contributed by atoms with Gasteiger partial charge in [0.15, 0.2) is 11.6 Å². The van der Waals surface area contributed by atoms with Gasteiger partial charge >= 0.3 is 0 Å². The number of hydrogen-bond acceptors (Lipinski definition) is 10. The summed E-state index contributed by atoms with van der Waals surface area (Å²) in [6.07, 6.45) is 7.28. The molecule has 0 aromatic carbocycles. The standard InChI is InChI=1S/C26H26N10O2/c37-25(15-19-6-2-12-27-31-19)29-23-10-8-21(33-35-23)17-4-1-5-18(14-17)22-9-11-24(36-34-22)30-26(38)16-20-7-3-13-28-32-20/h2-3,6-13,17-18H,1,4-5,14-16H2,(H,29,35,37)(H,30,36,38). The van der Waals surface area contributed by atoms with Crippen LogP contribution in [0, 0.1) is 0 Å². The van der Waals surface area contributed by atoms with Crippen molar-refractivity contribution in [3.05, 3.63) is 83.7 Å². The molecule has 12 nitrogen and oxygen atoms in total. The van der Waals surface area contributed by atoms with Crippen LogP contribution in [0.5, 0.6) is 0 Å². The predicted octanol–water partition coefficient (Wildman–Crippen LogP) is 2.65. The summed E-state index contributed by atoms with van der Waals surface area (Å²) in [6, 6.07) is 14.4. The van der Waals surface area contributed by atoms with E-state index in [0.29, 0.717) is 23.0 Å². The van der Waals surface area contributed by atoms with Crippen LogP contribution in [0.1, 0.15) is 60.3 Å². The number of carbonyl (C=O) groups is 2. The molecule has 0 spiro atoms. The van der Waals surface area contributed by atoms with E-state index >= 15 is 0 Å². The van der Waals surface area contributed by atoms with Crippen molar-refractivity contribution in [1.82, 2.24) is 40.8 Å². The molecule has 2 unspecified atom stereocenters. The SMILES string of the molecule is O=C(Cc1cccnn1)Nc1ccc(C2CCCC(c3ccc(NC(=O)Cc4cccnn4)nn3)C2)nn1. The van der Waals surface area contributed by atoms with Crippen molar-refractivity contribution in [1.29, 1.82) is 0 Å². The fraction of sp³-hybridized carbons (Fsp3) is 0.308. The van der Waals surface area contributed by atoms with E-state index in [9.17, 15) is 9.59 Å². The molecular weight excluding hydrogens is 484 g/mol. The van der Waals surface area contributed by atoms with E-state index < -0.39 is 0 Å². The van der Waals surface area contributed by atoms with Gasteiger partial charge in [-0.15, -0.1) is 10.2 Å². The number of amides is 2. The van der Waals surface area contributed by atoms with Crippen LogP contribution >= 0.6 is 0 Å². The Kier molecular flexibility index (Phi) is 7.87. The monoisotopic (exact) mass is 510 g/mol. The lowest BCUT2D eigenvalue weighted by Crippen LogP contribution is -2.19. The molecule has 12 heteroatoms. The summed E-state index contributed by atoms with van der Waals surface area (Å²) < 4.78 is 0. The molecule has 1 fully saturated rings. The Bertz CT molecular complexity index is 1250. The molecule has 0 aliphatic heterocycles. The van der Waals surface area contributed by atoms with Crippen molar-refractivity contribution >= 4 is 23.5 Å².